The van der Waals surface area contributed by atoms with Crippen molar-refractivity contribution in [2.24, 2.45) is 0 Å². The zero-order chi connectivity index (χ0) is 27.5. The number of nitrogens with zero attached hydrogens (tertiary/aromatic N) is 3. The number of hydrogen-bond donors (Lipinski definition) is 3. The summed E-state index contributed by atoms with van der Waals surface area (Å²) in [7, 11) is 0. The molecule has 3 aromatic carbocycles. The summed E-state index contributed by atoms with van der Waals surface area (Å²) in [5.74, 6) is 0.935. The molecular weight excluding hydrogens is 508 g/mol. The van der Waals surface area contributed by atoms with E-state index in [0.29, 0.717) is 28.1 Å². The Morgan fingerprint density at radius 3 is 2.41 bits per heavy atom. The summed E-state index contributed by atoms with van der Waals surface area (Å²) in [5.41, 5.74) is 6.83. The normalized spacial score (nSPS) is 14.4. The topological polar surface area (TPSA) is 101 Å². The number of amides is 2. The molecule has 39 heavy (non-hydrogen) atoms. The van der Waals surface area contributed by atoms with Crippen LogP contribution in [0.4, 0.5) is 17.3 Å². The fourth-order valence-electron chi connectivity index (χ4n) is 4.61. The minimum absolute atomic E-state index is 0.146. The Labute approximate surface area is 231 Å². The quantitative estimate of drug-likeness (QED) is 0.247. The highest BCUT2D eigenvalue weighted by Gasteiger charge is 2.34. The Morgan fingerprint density at radius 2 is 1.72 bits per heavy atom. The van der Waals surface area contributed by atoms with E-state index < -0.39 is 6.04 Å². The van der Waals surface area contributed by atoms with Gasteiger partial charge in [0.15, 0.2) is 0 Å². The molecule has 198 valence electrons. The van der Waals surface area contributed by atoms with Crippen LogP contribution in [0.5, 0.6) is 0 Å². The third-order valence-electron chi connectivity index (χ3n) is 6.47. The van der Waals surface area contributed by atoms with Gasteiger partial charge in [0.05, 0.1) is 5.57 Å². The van der Waals surface area contributed by atoms with Crippen LogP contribution >= 0.6 is 11.8 Å². The van der Waals surface area contributed by atoms with Crippen LogP contribution in [0.15, 0.2) is 89.2 Å². The van der Waals surface area contributed by atoms with Crippen LogP contribution < -0.4 is 16.0 Å². The van der Waals surface area contributed by atoms with Crippen molar-refractivity contribution in [1.29, 1.82) is 0 Å². The number of aromatic nitrogens is 3. The largest absolute Gasteiger partial charge is 0.328 e. The molecule has 0 bridgehead atoms. The highest BCUT2D eigenvalue weighted by Crippen LogP contribution is 2.37. The molecule has 1 aliphatic rings. The summed E-state index contributed by atoms with van der Waals surface area (Å²) in [6, 6.07) is 23.0. The molecule has 8 nitrogen and oxygen atoms in total. The lowest BCUT2D eigenvalue weighted by atomic mass is 9.94. The summed E-state index contributed by atoms with van der Waals surface area (Å²) >= 11 is 1.54. The van der Waals surface area contributed by atoms with Gasteiger partial charge in [-0.15, -0.1) is 5.10 Å². The molecule has 5 rings (SSSR count). The molecule has 0 spiro atoms. The predicted molar refractivity (Wildman–Crippen MR) is 156 cm³/mol. The molecule has 0 fully saturated rings. The maximum atomic E-state index is 13.8. The van der Waals surface area contributed by atoms with Crippen LogP contribution in [0.2, 0.25) is 0 Å². The van der Waals surface area contributed by atoms with Gasteiger partial charge in [0.2, 0.25) is 17.0 Å². The molecule has 0 radical (unpaired) electrons. The average molecular weight is 539 g/mol. The summed E-state index contributed by atoms with van der Waals surface area (Å²) < 4.78 is 1.77. The van der Waals surface area contributed by atoms with Crippen LogP contribution in [0.25, 0.3) is 0 Å². The van der Waals surface area contributed by atoms with Gasteiger partial charge in [-0.2, -0.15) is 4.98 Å². The number of carbonyl (C=O) groups is 2. The molecule has 0 aliphatic carbocycles. The third kappa shape index (κ3) is 5.88. The molecular formula is C30H30N6O2S. The monoisotopic (exact) mass is 538 g/mol. The van der Waals surface area contributed by atoms with E-state index in [2.05, 4.69) is 28.1 Å². The molecule has 0 saturated heterocycles. The van der Waals surface area contributed by atoms with Crippen molar-refractivity contribution < 1.29 is 9.59 Å². The van der Waals surface area contributed by atoms with E-state index in [0.717, 1.165) is 28.1 Å². The van der Waals surface area contributed by atoms with Crippen LogP contribution in [-0.4, -0.2) is 26.6 Å². The van der Waals surface area contributed by atoms with Crippen molar-refractivity contribution in [3.8, 4) is 0 Å². The molecule has 1 aromatic heterocycles. The first-order chi connectivity index (χ1) is 18.8. The van der Waals surface area contributed by atoms with Gasteiger partial charge in [-0.3, -0.25) is 9.59 Å². The SMILES string of the molecule is CC(=O)Nc1ccc([C@@H]2C(C(=O)Nc3ccc(C)cc3C)=C(C)Nc3nc(SCc4ccccc4)nn32)cc1. The van der Waals surface area contributed by atoms with E-state index in [1.807, 2.05) is 81.4 Å². The maximum absolute atomic E-state index is 13.8. The second-order valence-electron chi connectivity index (χ2n) is 9.58. The summed E-state index contributed by atoms with van der Waals surface area (Å²) in [6.07, 6.45) is 0. The van der Waals surface area contributed by atoms with Crippen molar-refractivity contribution in [2.45, 2.75) is 44.6 Å². The molecule has 2 heterocycles. The molecule has 2 amide bonds. The number of rotatable bonds is 7. The Morgan fingerprint density at radius 1 is 0.974 bits per heavy atom. The van der Waals surface area contributed by atoms with Crippen molar-refractivity contribution in [1.82, 2.24) is 14.8 Å². The number of anilines is 3. The first-order valence-electron chi connectivity index (χ1n) is 12.7. The standard InChI is InChI=1S/C30H30N6O2S/c1-18-10-15-25(19(2)16-18)33-28(38)26-20(3)31-29-34-30(39-17-22-8-6-5-7-9-22)35-36(29)27(26)23-11-13-24(14-12-23)32-21(4)37/h5-16,27H,17H2,1-4H3,(H,32,37)(H,33,38)(H,31,34,35)/t27-/m1/s1. The van der Waals surface area contributed by atoms with Crippen molar-refractivity contribution >= 4 is 40.9 Å². The molecule has 1 atom stereocenters. The number of nitrogens with one attached hydrogen (secondary N) is 3. The number of carbonyl (C=O) groups excluding carboxylic acids is 2. The number of aryl methyl sites for hydroxylation is 2. The van der Waals surface area contributed by atoms with E-state index in [-0.39, 0.29) is 11.8 Å². The Hall–Kier alpha value is -4.37. The van der Waals surface area contributed by atoms with E-state index >= 15 is 0 Å². The second-order valence-corrected chi connectivity index (χ2v) is 10.5. The molecule has 4 aromatic rings. The minimum Gasteiger partial charge on any atom is -0.328 e. The van der Waals surface area contributed by atoms with Gasteiger partial charge in [-0.1, -0.05) is 71.9 Å². The lowest BCUT2D eigenvalue weighted by Gasteiger charge is -2.29. The smallest absolute Gasteiger partial charge is 0.255 e. The van der Waals surface area contributed by atoms with Crippen LogP contribution in [0.3, 0.4) is 0 Å². The fourth-order valence-corrected chi connectivity index (χ4v) is 5.40. The number of benzene rings is 3. The molecule has 3 N–H and O–H groups in total. The maximum Gasteiger partial charge on any atom is 0.255 e. The molecule has 1 aliphatic heterocycles. The summed E-state index contributed by atoms with van der Waals surface area (Å²) in [6.45, 7) is 7.35. The fraction of sp³-hybridized carbons (Fsp3) is 0.200. The Bertz CT molecular complexity index is 1560. The van der Waals surface area contributed by atoms with Gasteiger partial charge in [-0.25, -0.2) is 4.68 Å². The summed E-state index contributed by atoms with van der Waals surface area (Å²) in [4.78, 5) is 30.1. The minimum atomic E-state index is -0.517. The van der Waals surface area contributed by atoms with E-state index in [9.17, 15) is 9.59 Å². The highest BCUT2D eigenvalue weighted by atomic mass is 32.2. The van der Waals surface area contributed by atoms with Gasteiger partial charge in [0.1, 0.15) is 6.04 Å². The molecule has 0 saturated carbocycles. The van der Waals surface area contributed by atoms with E-state index in [4.69, 9.17) is 10.1 Å². The molecule has 9 heteroatoms. The van der Waals surface area contributed by atoms with Gasteiger partial charge < -0.3 is 16.0 Å². The second kappa shape index (κ2) is 11.2. The van der Waals surface area contributed by atoms with E-state index in [1.54, 1.807) is 16.4 Å². The predicted octanol–water partition coefficient (Wildman–Crippen LogP) is 6.07. The van der Waals surface area contributed by atoms with Crippen LogP contribution in [-0.2, 0) is 15.3 Å². The zero-order valence-electron chi connectivity index (χ0n) is 22.3. The van der Waals surface area contributed by atoms with Crippen molar-refractivity contribution in [3.63, 3.8) is 0 Å². The van der Waals surface area contributed by atoms with Gasteiger partial charge in [0, 0.05) is 29.7 Å². The highest BCUT2D eigenvalue weighted by molar-refractivity contribution is 7.98. The zero-order valence-corrected chi connectivity index (χ0v) is 23.1. The third-order valence-corrected chi connectivity index (χ3v) is 7.37. The van der Waals surface area contributed by atoms with Crippen molar-refractivity contribution in [3.05, 3.63) is 106 Å². The van der Waals surface area contributed by atoms with E-state index in [1.165, 1.54) is 12.5 Å². The first kappa shape index (κ1) is 26.2. The van der Waals surface area contributed by atoms with Gasteiger partial charge in [0.25, 0.3) is 5.91 Å². The summed E-state index contributed by atoms with van der Waals surface area (Å²) in [5, 5.41) is 14.6. The lowest BCUT2D eigenvalue weighted by Crippen LogP contribution is -2.31. The van der Waals surface area contributed by atoms with Crippen LogP contribution in [0.1, 0.15) is 42.1 Å². The Balaban J connectivity index is 1.50. The number of hydrogen-bond acceptors (Lipinski definition) is 6. The van der Waals surface area contributed by atoms with Crippen LogP contribution in [0, 0.1) is 13.8 Å². The molecule has 0 unspecified atom stereocenters. The number of thioether (sulfide) groups is 1. The van der Waals surface area contributed by atoms with Gasteiger partial charge >= 0.3 is 0 Å². The first-order valence-corrected chi connectivity index (χ1v) is 13.6. The Kier molecular flexibility index (Phi) is 7.51. The van der Waals surface area contributed by atoms with Gasteiger partial charge in [-0.05, 0) is 55.7 Å². The number of fused-ring (bicyclic) bond motifs is 1. The average Bonchev–Trinajstić information content (AvgIpc) is 3.31. The number of allylic oxidation sites excluding steroid dienone is 1. The van der Waals surface area contributed by atoms with Crippen molar-refractivity contribution in [2.75, 3.05) is 16.0 Å². The lowest BCUT2D eigenvalue weighted by molar-refractivity contribution is -0.114.